The van der Waals surface area contributed by atoms with Crippen LogP contribution < -0.4 is 0 Å². The number of rotatable bonds is 2. The molecule has 0 amide bonds. The third-order valence-corrected chi connectivity index (χ3v) is 13.8. The predicted octanol–water partition coefficient (Wildman–Crippen LogP) is 14.9. The molecule has 8 rings (SSSR count). The van der Waals surface area contributed by atoms with Gasteiger partial charge in [-0.3, -0.25) is 0 Å². The van der Waals surface area contributed by atoms with Gasteiger partial charge in [0.2, 0.25) is 0 Å². The summed E-state index contributed by atoms with van der Waals surface area (Å²) in [5.41, 5.74) is 19.2. The van der Waals surface area contributed by atoms with Crippen molar-refractivity contribution in [2.24, 2.45) is 0 Å². The molecule has 0 fully saturated rings. The van der Waals surface area contributed by atoms with E-state index in [1.54, 1.807) is 0 Å². The second kappa shape index (κ2) is 18.3. The van der Waals surface area contributed by atoms with E-state index in [2.05, 4.69) is 161 Å². The molecular weight excluding hydrogens is 834 g/mol. The van der Waals surface area contributed by atoms with E-state index >= 15 is 0 Å². The number of hydrogen-bond acceptors (Lipinski definition) is 0. The summed E-state index contributed by atoms with van der Waals surface area (Å²) < 4.78 is 4.66. The monoisotopic (exact) mass is 884 g/mol. The number of hydrogen-bond donors (Lipinski definition) is 0. The minimum atomic E-state index is -0.623. The molecule has 0 bridgehead atoms. The summed E-state index contributed by atoms with van der Waals surface area (Å²) in [6.45, 7) is 20.6. The molecule has 3 aliphatic rings. The molecule has 55 heavy (non-hydrogen) atoms. The predicted molar refractivity (Wildman–Crippen MR) is 245 cm³/mol. The van der Waals surface area contributed by atoms with E-state index in [0.29, 0.717) is 5.41 Å². The molecule has 0 heterocycles. The Bertz CT molecular complexity index is 2100. The van der Waals surface area contributed by atoms with E-state index in [9.17, 15) is 0 Å². The first-order valence-corrected chi connectivity index (χ1v) is 22.3. The number of fused-ring (bicyclic) bond motifs is 5. The van der Waals surface area contributed by atoms with Gasteiger partial charge in [-0.05, 0) is 70.2 Å². The Balaban J connectivity index is 0.000000206. The maximum absolute atomic E-state index is 5.84. The van der Waals surface area contributed by atoms with Crippen molar-refractivity contribution in [2.75, 3.05) is 0 Å². The third kappa shape index (κ3) is 10.7. The molecule has 0 aliphatic heterocycles. The fraction of sp³-hybridized carbons (Fsp3) is 0.280. The van der Waals surface area contributed by atoms with Gasteiger partial charge in [-0.1, -0.05) is 89.1 Å². The number of allylic oxidation sites excluding steroid dienone is 4. The summed E-state index contributed by atoms with van der Waals surface area (Å²) in [5.74, 6) is 0. The molecule has 0 nitrogen and oxygen atoms in total. The molecule has 5 aromatic carbocycles. The van der Waals surface area contributed by atoms with E-state index in [0.717, 1.165) is 22.9 Å². The van der Waals surface area contributed by atoms with Gasteiger partial charge in [0.25, 0.3) is 0 Å². The van der Waals surface area contributed by atoms with Crippen molar-refractivity contribution in [3.05, 3.63) is 176 Å². The van der Waals surface area contributed by atoms with Gasteiger partial charge in [-0.15, -0.1) is 37.3 Å². The molecule has 5 aromatic rings. The van der Waals surface area contributed by atoms with Gasteiger partial charge >= 0.3 is 123 Å². The summed E-state index contributed by atoms with van der Waals surface area (Å²) >= 11 is 11.0. The fourth-order valence-corrected chi connectivity index (χ4v) is 9.75. The summed E-state index contributed by atoms with van der Waals surface area (Å²) in [7, 11) is 0. The van der Waals surface area contributed by atoms with Crippen LogP contribution in [0, 0.1) is 6.42 Å². The Labute approximate surface area is 364 Å². The maximum atomic E-state index is 5.84. The van der Waals surface area contributed by atoms with Crippen LogP contribution in [0.2, 0.25) is 10.0 Å². The van der Waals surface area contributed by atoms with Gasteiger partial charge in [-0.25, -0.2) is 18.6 Å². The van der Waals surface area contributed by atoms with Crippen molar-refractivity contribution in [1.82, 2.24) is 0 Å². The Morgan fingerprint density at radius 2 is 1.18 bits per heavy atom. The van der Waals surface area contributed by atoms with Crippen molar-refractivity contribution in [1.29, 1.82) is 0 Å². The van der Waals surface area contributed by atoms with E-state index in [-0.39, 0.29) is 35.6 Å². The van der Waals surface area contributed by atoms with Crippen molar-refractivity contribution in [3.8, 4) is 11.1 Å². The second-order valence-corrected chi connectivity index (χ2v) is 20.1. The molecule has 5 heteroatoms. The molecule has 0 atom stereocenters. The Morgan fingerprint density at radius 3 is 1.65 bits per heavy atom. The molecular formula is C50H54Cl4Zr-2. The molecule has 0 spiro atoms. The Morgan fingerprint density at radius 1 is 0.673 bits per heavy atom. The van der Waals surface area contributed by atoms with Crippen LogP contribution >= 0.6 is 48.0 Å². The van der Waals surface area contributed by atoms with Crippen LogP contribution in [0.3, 0.4) is 0 Å². The normalized spacial score (nSPS) is 15.0. The topological polar surface area (TPSA) is 0 Å². The average Bonchev–Trinajstić information content (AvgIpc) is 3.79. The zero-order chi connectivity index (χ0) is 38.1. The fourth-order valence-electron chi connectivity index (χ4n) is 7.40. The van der Waals surface area contributed by atoms with Gasteiger partial charge in [-0.2, -0.15) is 29.3 Å². The minimum absolute atomic E-state index is 0. The molecule has 0 N–H and O–H groups in total. The van der Waals surface area contributed by atoms with E-state index < -0.39 is 22.3 Å². The number of benzene rings is 4. The van der Waals surface area contributed by atoms with Crippen molar-refractivity contribution < 1.29 is 22.3 Å². The van der Waals surface area contributed by atoms with Crippen LogP contribution in [0.1, 0.15) is 119 Å². The van der Waals surface area contributed by atoms with Crippen molar-refractivity contribution in [3.63, 3.8) is 0 Å². The molecule has 0 radical (unpaired) electrons. The zero-order valence-electron chi connectivity index (χ0n) is 33.6. The third-order valence-electron chi connectivity index (χ3n) is 10.9. The molecule has 288 valence electrons. The van der Waals surface area contributed by atoms with E-state index in [1.165, 1.54) is 72.3 Å². The van der Waals surface area contributed by atoms with Crippen molar-refractivity contribution in [2.45, 2.75) is 91.4 Å². The summed E-state index contributed by atoms with van der Waals surface area (Å²) in [6, 6.07) is 34.4. The average molecular weight is 888 g/mol. The van der Waals surface area contributed by atoms with Gasteiger partial charge in [0.05, 0.1) is 0 Å². The molecule has 0 saturated heterocycles. The van der Waals surface area contributed by atoms with Gasteiger partial charge in [0.1, 0.15) is 0 Å². The molecule has 0 unspecified atom stereocenters. The van der Waals surface area contributed by atoms with Crippen molar-refractivity contribution >= 4 is 66.6 Å². The summed E-state index contributed by atoms with van der Waals surface area (Å²) in [4.78, 5) is 0. The van der Waals surface area contributed by atoms with Crippen LogP contribution in [-0.2, 0) is 44.9 Å². The first-order chi connectivity index (χ1) is 25.0. The first kappa shape index (κ1) is 45.1. The van der Waals surface area contributed by atoms with Gasteiger partial charge in [0.15, 0.2) is 0 Å². The van der Waals surface area contributed by atoms with Crippen LogP contribution in [0.15, 0.2) is 109 Å². The number of halogens is 4. The molecule has 0 aromatic heterocycles. The Hall–Kier alpha value is -2.64. The standard InChI is InChI=1S/C27H29.C9H13.2C7H5Cl.2ClH.Zr/c1-16-7-9-26(3,4)24-12-18-11-19-13-25-21(17(2)8-10-27(25,5)6)15-23(19)22(18)14-20(16)24;1-9(2,3)8-6-4-5-7-8;2*1-6-2-4-7(8)5-3-6;;;/h7-9,12-15H,10-11H2,1-6H3;4-7H,1-3H3;2*1-5H;2*1H;/q2*-1;;;;;. The van der Waals surface area contributed by atoms with E-state index in [4.69, 9.17) is 23.2 Å². The van der Waals surface area contributed by atoms with Crippen LogP contribution in [0.4, 0.5) is 0 Å². The van der Waals surface area contributed by atoms with Gasteiger partial charge < -0.3 is 0 Å². The summed E-state index contributed by atoms with van der Waals surface area (Å²) in [5, 5.41) is 1.57. The zero-order valence-corrected chi connectivity index (χ0v) is 39.2. The van der Waals surface area contributed by atoms with Crippen LogP contribution in [0.5, 0.6) is 0 Å². The SMILES string of the molecule is CC(C)(C)c1cc[cH-]c1.CC1=C[CH-]C(C)(C)c2cc3c(cc21)-c1cc2c(cc1C3)C(C)(C)CC=C2C.Cl.Cl.Clc1ccc([CH]=[Zr]=[CH]c2ccc(Cl)cc2)cc1. The summed E-state index contributed by atoms with van der Waals surface area (Å²) in [6.07, 6.45) is 9.28. The Kier molecular flexibility index (Phi) is 15.0. The molecule has 3 aliphatic carbocycles. The quantitative estimate of drug-likeness (QED) is 0.152. The van der Waals surface area contributed by atoms with Gasteiger partial charge in [0, 0.05) is 0 Å². The van der Waals surface area contributed by atoms with Crippen LogP contribution in [0.25, 0.3) is 22.3 Å². The molecule has 0 saturated carbocycles. The first-order valence-electron chi connectivity index (χ1n) is 18.7. The van der Waals surface area contributed by atoms with E-state index in [1.807, 2.05) is 24.3 Å². The second-order valence-electron chi connectivity index (χ2n) is 17.0. The van der Waals surface area contributed by atoms with Crippen LogP contribution in [-0.4, -0.2) is 7.42 Å².